The summed E-state index contributed by atoms with van der Waals surface area (Å²) >= 11 is 1.52. The molecular formula is C13H18F2N2O2S2. The second kappa shape index (κ2) is 6.60. The van der Waals surface area contributed by atoms with Crippen molar-refractivity contribution in [2.75, 3.05) is 30.9 Å². The highest BCUT2D eigenvalue weighted by atomic mass is 32.2. The minimum atomic E-state index is -3.36. The van der Waals surface area contributed by atoms with Crippen LogP contribution in [0.3, 0.4) is 0 Å². The first-order chi connectivity index (χ1) is 9.86. The second-order valence-corrected chi connectivity index (χ2v) is 8.34. The summed E-state index contributed by atoms with van der Waals surface area (Å²) in [6.07, 6.45) is 1.14. The molecule has 118 valence electrons. The van der Waals surface area contributed by atoms with Crippen molar-refractivity contribution in [3.63, 3.8) is 0 Å². The van der Waals surface area contributed by atoms with Crippen molar-refractivity contribution < 1.29 is 17.2 Å². The predicted molar refractivity (Wildman–Crippen MR) is 80.8 cm³/mol. The lowest BCUT2D eigenvalue weighted by atomic mass is 10.0. The van der Waals surface area contributed by atoms with E-state index in [9.17, 15) is 17.2 Å². The molecule has 8 heteroatoms. The van der Waals surface area contributed by atoms with Crippen molar-refractivity contribution in [1.82, 2.24) is 4.90 Å². The molecular weight excluding hydrogens is 318 g/mol. The third kappa shape index (κ3) is 3.56. The molecule has 0 spiro atoms. The molecule has 1 aliphatic heterocycles. The molecule has 0 bridgehead atoms. The molecule has 2 rings (SSSR count). The summed E-state index contributed by atoms with van der Waals surface area (Å²) in [5.74, 6) is -0.309. The van der Waals surface area contributed by atoms with Gasteiger partial charge >= 0.3 is 0 Å². The normalized spacial score (nSPS) is 22.2. The van der Waals surface area contributed by atoms with E-state index in [4.69, 9.17) is 5.73 Å². The van der Waals surface area contributed by atoms with E-state index in [1.54, 1.807) is 4.90 Å². The maximum absolute atomic E-state index is 14.0. The van der Waals surface area contributed by atoms with Gasteiger partial charge in [-0.2, -0.15) is 11.8 Å². The van der Waals surface area contributed by atoms with Crippen molar-refractivity contribution in [3.05, 3.63) is 35.4 Å². The summed E-state index contributed by atoms with van der Waals surface area (Å²) in [6.45, 7) is 0.382. The summed E-state index contributed by atoms with van der Waals surface area (Å²) in [7, 11) is -3.36. The zero-order chi connectivity index (χ0) is 15.6. The van der Waals surface area contributed by atoms with E-state index in [1.807, 2.05) is 0 Å². The number of nitrogens with two attached hydrogens (primary N) is 1. The van der Waals surface area contributed by atoms with Gasteiger partial charge < -0.3 is 5.73 Å². The molecule has 4 nitrogen and oxygen atoms in total. The molecule has 1 heterocycles. The quantitative estimate of drug-likeness (QED) is 0.900. The van der Waals surface area contributed by atoms with Crippen LogP contribution in [0.4, 0.5) is 8.78 Å². The van der Waals surface area contributed by atoms with E-state index in [0.29, 0.717) is 18.1 Å². The van der Waals surface area contributed by atoms with Gasteiger partial charge in [0.05, 0.1) is 6.04 Å². The van der Waals surface area contributed by atoms with Crippen molar-refractivity contribution in [2.45, 2.75) is 11.4 Å². The molecule has 0 aliphatic carbocycles. The van der Waals surface area contributed by atoms with Gasteiger partial charge in [-0.05, 0) is 12.1 Å². The average molecular weight is 336 g/mol. The predicted octanol–water partition coefficient (Wildman–Crippen LogP) is 1.38. The zero-order valence-electron chi connectivity index (χ0n) is 11.6. The molecule has 1 aromatic rings. The molecule has 0 amide bonds. The van der Waals surface area contributed by atoms with Gasteiger partial charge in [-0.3, -0.25) is 4.90 Å². The fourth-order valence-electron chi connectivity index (χ4n) is 2.57. The van der Waals surface area contributed by atoms with Crippen LogP contribution in [-0.2, 0) is 9.84 Å². The molecule has 1 fully saturated rings. The minimum absolute atomic E-state index is 0.0471. The van der Waals surface area contributed by atoms with E-state index >= 15 is 0 Å². The molecule has 1 aliphatic rings. The van der Waals surface area contributed by atoms with Crippen LogP contribution in [0, 0.1) is 11.6 Å². The minimum Gasteiger partial charge on any atom is -0.329 e. The highest BCUT2D eigenvalue weighted by Crippen LogP contribution is 2.32. The van der Waals surface area contributed by atoms with Crippen molar-refractivity contribution >= 4 is 21.6 Å². The van der Waals surface area contributed by atoms with Crippen LogP contribution in [0.25, 0.3) is 0 Å². The average Bonchev–Trinajstić information content (AvgIpc) is 2.42. The Morgan fingerprint density at radius 1 is 1.43 bits per heavy atom. The molecule has 2 atom stereocenters. The third-order valence-corrected chi connectivity index (χ3v) is 6.23. The van der Waals surface area contributed by atoms with Gasteiger partial charge in [0.15, 0.2) is 9.84 Å². The Kier molecular flexibility index (Phi) is 5.24. The number of hydrogen-bond donors (Lipinski definition) is 1. The number of benzene rings is 1. The van der Waals surface area contributed by atoms with Crippen molar-refractivity contribution in [2.24, 2.45) is 5.73 Å². The van der Waals surface area contributed by atoms with E-state index in [2.05, 4.69) is 0 Å². The van der Waals surface area contributed by atoms with E-state index < -0.39 is 32.9 Å². The zero-order valence-corrected chi connectivity index (χ0v) is 13.3. The summed E-state index contributed by atoms with van der Waals surface area (Å²) < 4.78 is 51.8. The van der Waals surface area contributed by atoms with Gasteiger partial charge in [-0.25, -0.2) is 17.2 Å². The molecule has 0 saturated carbocycles. The Labute approximate surface area is 127 Å². The molecule has 0 radical (unpaired) electrons. The third-order valence-electron chi connectivity index (χ3n) is 3.57. The number of halogens is 2. The summed E-state index contributed by atoms with van der Waals surface area (Å²) in [5, 5.41) is -0.774. The Bertz CT molecular complexity index is 590. The first kappa shape index (κ1) is 16.7. The van der Waals surface area contributed by atoms with Crippen LogP contribution in [0.15, 0.2) is 18.2 Å². The van der Waals surface area contributed by atoms with Crippen LogP contribution in [0.1, 0.15) is 11.6 Å². The van der Waals surface area contributed by atoms with Gasteiger partial charge in [-0.15, -0.1) is 0 Å². The van der Waals surface area contributed by atoms with E-state index in [-0.39, 0.29) is 12.1 Å². The lowest BCUT2D eigenvalue weighted by Crippen LogP contribution is -2.50. The maximum atomic E-state index is 14.0. The smallest absolute Gasteiger partial charge is 0.164 e. The van der Waals surface area contributed by atoms with Gasteiger partial charge in [-0.1, -0.05) is 6.07 Å². The fraction of sp³-hybridized carbons (Fsp3) is 0.538. The monoisotopic (exact) mass is 336 g/mol. The van der Waals surface area contributed by atoms with Gasteiger partial charge in [0.1, 0.15) is 17.0 Å². The number of rotatable bonds is 4. The molecule has 2 N–H and O–H groups in total. The highest BCUT2D eigenvalue weighted by Gasteiger charge is 2.37. The molecule has 2 unspecified atom stereocenters. The molecule has 1 saturated heterocycles. The Balaban J connectivity index is 2.44. The van der Waals surface area contributed by atoms with Crippen LogP contribution in [0.5, 0.6) is 0 Å². The fourth-order valence-corrected chi connectivity index (χ4v) is 5.49. The lowest BCUT2D eigenvalue weighted by molar-refractivity contribution is 0.190. The highest BCUT2D eigenvalue weighted by molar-refractivity contribution is 8.00. The summed E-state index contributed by atoms with van der Waals surface area (Å²) in [6, 6.07) is 2.82. The summed E-state index contributed by atoms with van der Waals surface area (Å²) in [4.78, 5) is 1.60. The maximum Gasteiger partial charge on any atom is 0.164 e. The molecule has 1 aromatic carbocycles. The van der Waals surface area contributed by atoms with Gasteiger partial charge in [0.25, 0.3) is 0 Å². The number of thioether (sulfide) groups is 1. The largest absolute Gasteiger partial charge is 0.329 e. The van der Waals surface area contributed by atoms with Crippen LogP contribution in [0.2, 0.25) is 0 Å². The summed E-state index contributed by atoms with van der Waals surface area (Å²) in [5.41, 5.74) is 5.55. The Morgan fingerprint density at radius 3 is 2.57 bits per heavy atom. The molecule has 0 aromatic heterocycles. The first-order valence-electron chi connectivity index (χ1n) is 6.52. The van der Waals surface area contributed by atoms with Gasteiger partial charge in [0, 0.05) is 36.4 Å². The Hall–Kier alpha value is -0.700. The molecule has 21 heavy (non-hydrogen) atoms. The van der Waals surface area contributed by atoms with Crippen LogP contribution in [-0.4, -0.2) is 49.5 Å². The standard InChI is InChI=1S/C13H18F2N2O2S2/c1-21(18,19)12-8-20-6-5-17(12)11(7-16)13-9(14)3-2-4-10(13)15/h2-4,11-12H,5-8,16H2,1H3. The first-order valence-corrected chi connectivity index (χ1v) is 9.63. The number of nitrogens with zero attached hydrogens (tertiary/aromatic N) is 1. The van der Waals surface area contributed by atoms with Crippen LogP contribution < -0.4 is 5.73 Å². The Morgan fingerprint density at radius 2 is 2.05 bits per heavy atom. The van der Waals surface area contributed by atoms with E-state index in [0.717, 1.165) is 18.4 Å². The topological polar surface area (TPSA) is 63.4 Å². The number of sulfone groups is 1. The SMILES string of the molecule is CS(=O)(=O)C1CSCCN1C(CN)c1c(F)cccc1F. The van der Waals surface area contributed by atoms with E-state index in [1.165, 1.54) is 17.8 Å². The van der Waals surface area contributed by atoms with Crippen molar-refractivity contribution in [3.8, 4) is 0 Å². The van der Waals surface area contributed by atoms with Gasteiger partial charge in [0.2, 0.25) is 0 Å². The lowest BCUT2D eigenvalue weighted by Gasteiger charge is -2.39. The number of hydrogen-bond acceptors (Lipinski definition) is 5. The van der Waals surface area contributed by atoms with Crippen LogP contribution >= 0.6 is 11.8 Å². The van der Waals surface area contributed by atoms with Crippen molar-refractivity contribution in [1.29, 1.82) is 0 Å². The second-order valence-electron chi connectivity index (χ2n) is 4.98.